The molecule has 1 fully saturated rings. The molecule has 1 aliphatic heterocycles. The van der Waals surface area contributed by atoms with Crippen LogP contribution in [-0.2, 0) is 15.0 Å². The number of amides is 1. The van der Waals surface area contributed by atoms with Crippen LogP contribution in [0.5, 0.6) is 11.5 Å². The van der Waals surface area contributed by atoms with Gasteiger partial charge in [-0.3, -0.25) is 14.5 Å². The molecular formula is C32H35NO5. The molecule has 4 rings (SSSR count). The molecule has 0 bridgehead atoms. The van der Waals surface area contributed by atoms with Gasteiger partial charge in [0.2, 0.25) is 0 Å². The number of ketones is 1. The highest BCUT2D eigenvalue weighted by atomic mass is 16.5. The molecule has 3 aromatic carbocycles. The number of methoxy groups -OCH3 is 1. The molecule has 0 aromatic heterocycles. The van der Waals surface area contributed by atoms with Crippen LogP contribution in [0.4, 0.5) is 5.69 Å². The number of aliphatic hydroxyl groups excluding tert-OH is 1. The molecule has 1 saturated heterocycles. The van der Waals surface area contributed by atoms with Gasteiger partial charge < -0.3 is 14.6 Å². The number of Topliss-reactive ketones (excluding diaryl/α,β-unsaturated/α-hetero) is 1. The molecule has 0 saturated carbocycles. The molecule has 0 spiro atoms. The zero-order valence-electron chi connectivity index (χ0n) is 23.1. The van der Waals surface area contributed by atoms with E-state index in [2.05, 4.69) is 20.8 Å². The van der Waals surface area contributed by atoms with Crippen LogP contribution >= 0.6 is 0 Å². The molecule has 198 valence electrons. The minimum absolute atomic E-state index is 0.0439. The van der Waals surface area contributed by atoms with E-state index in [-0.39, 0.29) is 16.7 Å². The molecule has 3 aromatic rings. The Morgan fingerprint density at radius 1 is 0.947 bits per heavy atom. The van der Waals surface area contributed by atoms with Crippen molar-refractivity contribution in [1.29, 1.82) is 0 Å². The van der Waals surface area contributed by atoms with Crippen molar-refractivity contribution in [3.63, 3.8) is 0 Å². The highest BCUT2D eigenvalue weighted by Crippen LogP contribution is 2.43. The normalized spacial score (nSPS) is 17.1. The number of hydrogen-bond donors (Lipinski definition) is 1. The molecule has 1 amide bonds. The average molecular weight is 514 g/mol. The molecule has 38 heavy (non-hydrogen) atoms. The molecule has 6 heteroatoms. The Kier molecular flexibility index (Phi) is 7.36. The number of nitrogens with zero attached hydrogens (tertiary/aromatic N) is 1. The summed E-state index contributed by atoms with van der Waals surface area (Å²) in [5, 5.41) is 11.6. The van der Waals surface area contributed by atoms with Crippen LogP contribution < -0.4 is 14.4 Å². The van der Waals surface area contributed by atoms with Crippen LogP contribution in [0.15, 0.2) is 66.2 Å². The first-order valence-corrected chi connectivity index (χ1v) is 12.8. The number of carbonyl (C=O) groups excluding carboxylic acids is 2. The molecule has 1 N–H and O–H groups in total. The van der Waals surface area contributed by atoms with E-state index in [0.29, 0.717) is 29.2 Å². The molecule has 0 radical (unpaired) electrons. The molecular weight excluding hydrogens is 478 g/mol. The van der Waals surface area contributed by atoms with Gasteiger partial charge in [0.25, 0.3) is 11.7 Å². The Labute approximate surface area is 224 Å². The Bertz CT molecular complexity index is 1410. The van der Waals surface area contributed by atoms with E-state index in [4.69, 9.17) is 9.47 Å². The van der Waals surface area contributed by atoms with Crippen molar-refractivity contribution in [2.24, 2.45) is 0 Å². The lowest BCUT2D eigenvalue weighted by Gasteiger charge is -2.26. The van der Waals surface area contributed by atoms with Gasteiger partial charge in [-0.25, -0.2) is 0 Å². The summed E-state index contributed by atoms with van der Waals surface area (Å²) in [5.41, 5.74) is 4.48. The van der Waals surface area contributed by atoms with Gasteiger partial charge in [-0.1, -0.05) is 39.0 Å². The second-order valence-electron chi connectivity index (χ2n) is 10.6. The average Bonchev–Trinajstić information content (AvgIpc) is 3.15. The van der Waals surface area contributed by atoms with Crippen LogP contribution in [0.25, 0.3) is 5.76 Å². The maximum absolute atomic E-state index is 13.6. The third-order valence-electron chi connectivity index (χ3n) is 7.01. The van der Waals surface area contributed by atoms with Crippen molar-refractivity contribution in [2.45, 2.75) is 53.0 Å². The maximum atomic E-state index is 13.6. The van der Waals surface area contributed by atoms with Gasteiger partial charge in [0.15, 0.2) is 0 Å². The van der Waals surface area contributed by atoms with Crippen molar-refractivity contribution < 1.29 is 24.2 Å². The molecule has 1 heterocycles. The summed E-state index contributed by atoms with van der Waals surface area (Å²) in [6, 6.07) is 17.4. The number of aryl methyl sites for hydroxylation is 2. The highest BCUT2D eigenvalue weighted by molar-refractivity contribution is 6.51. The number of rotatable bonds is 6. The SMILES string of the molecule is CCOc1ccc(/C(O)=C2/C(=O)C(=O)N(c3ccc(C)c(C)c3)C2c2ccc(OC)cc2)cc1C(C)(C)C. The first-order valence-electron chi connectivity index (χ1n) is 12.8. The summed E-state index contributed by atoms with van der Waals surface area (Å²) < 4.78 is 11.1. The smallest absolute Gasteiger partial charge is 0.300 e. The highest BCUT2D eigenvalue weighted by Gasteiger charge is 2.47. The van der Waals surface area contributed by atoms with E-state index < -0.39 is 17.7 Å². The number of hydrogen-bond acceptors (Lipinski definition) is 5. The fraction of sp³-hybridized carbons (Fsp3) is 0.312. The van der Waals surface area contributed by atoms with Crippen LogP contribution in [0.2, 0.25) is 0 Å². The van der Waals surface area contributed by atoms with E-state index in [1.165, 1.54) is 4.90 Å². The van der Waals surface area contributed by atoms with Gasteiger partial charge in [0.05, 0.1) is 25.3 Å². The van der Waals surface area contributed by atoms with Crippen molar-refractivity contribution in [3.8, 4) is 11.5 Å². The fourth-order valence-electron chi connectivity index (χ4n) is 4.78. The lowest BCUT2D eigenvalue weighted by atomic mass is 9.84. The first kappa shape index (κ1) is 27.0. The topological polar surface area (TPSA) is 76.1 Å². The minimum Gasteiger partial charge on any atom is -0.507 e. The number of carbonyl (C=O) groups is 2. The van der Waals surface area contributed by atoms with E-state index in [9.17, 15) is 14.7 Å². The Hall–Kier alpha value is -4.06. The summed E-state index contributed by atoms with van der Waals surface area (Å²) in [6.07, 6.45) is 0. The van der Waals surface area contributed by atoms with Gasteiger partial charge in [-0.05, 0) is 85.3 Å². The van der Waals surface area contributed by atoms with Crippen LogP contribution in [0.1, 0.15) is 61.6 Å². The predicted molar refractivity (Wildman–Crippen MR) is 150 cm³/mol. The molecule has 1 unspecified atom stereocenters. The lowest BCUT2D eigenvalue weighted by molar-refractivity contribution is -0.132. The quantitative estimate of drug-likeness (QED) is 0.227. The van der Waals surface area contributed by atoms with E-state index >= 15 is 0 Å². The Morgan fingerprint density at radius 2 is 1.63 bits per heavy atom. The van der Waals surface area contributed by atoms with Crippen molar-refractivity contribution in [3.05, 3.63) is 94.1 Å². The summed E-state index contributed by atoms with van der Waals surface area (Å²) in [6.45, 7) is 12.6. The van der Waals surface area contributed by atoms with Gasteiger partial charge in [-0.15, -0.1) is 0 Å². The van der Waals surface area contributed by atoms with Crippen LogP contribution in [0.3, 0.4) is 0 Å². The molecule has 0 aliphatic carbocycles. The molecule has 6 nitrogen and oxygen atoms in total. The summed E-state index contributed by atoms with van der Waals surface area (Å²) >= 11 is 0. The largest absolute Gasteiger partial charge is 0.507 e. The zero-order valence-corrected chi connectivity index (χ0v) is 23.1. The number of benzene rings is 3. The number of anilines is 1. The van der Waals surface area contributed by atoms with Gasteiger partial charge in [-0.2, -0.15) is 0 Å². The maximum Gasteiger partial charge on any atom is 0.300 e. The fourth-order valence-corrected chi connectivity index (χ4v) is 4.78. The third-order valence-corrected chi connectivity index (χ3v) is 7.01. The second-order valence-corrected chi connectivity index (χ2v) is 10.6. The predicted octanol–water partition coefficient (Wildman–Crippen LogP) is 6.63. The lowest BCUT2D eigenvalue weighted by Crippen LogP contribution is -2.29. The molecule has 1 atom stereocenters. The number of aliphatic hydroxyl groups is 1. The van der Waals surface area contributed by atoms with E-state index in [1.807, 2.05) is 57.2 Å². The van der Waals surface area contributed by atoms with Gasteiger partial charge in [0, 0.05) is 16.8 Å². The van der Waals surface area contributed by atoms with Crippen LogP contribution in [0, 0.1) is 13.8 Å². The van der Waals surface area contributed by atoms with Crippen LogP contribution in [-0.4, -0.2) is 30.5 Å². The van der Waals surface area contributed by atoms with E-state index in [1.54, 1.807) is 31.4 Å². The number of ether oxygens (including phenoxy) is 2. The van der Waals surface area contributed by atoms with Crippen molar-refractivity contribution >= 4 is 23.1 Å². The Balaban J connectivity index is 1.95. The van der Waals surface area contributed by atoms with Gasteiger partial charge >= 0.3 is 0 Å². The van der Waals surface area contributed by atoms with E-state index in [0.717, 1.165) is 22.4 Å². The van der Waals surface area contributed by atoms with Crippen molar-refractivity contribution in [2.75, 3.05) is 18.6 Å². The second kappa shape index (κ2) is 10.4. The third kappa shape index (κ3) is 4.91. The summed E-state index contributed by atoms with van der Waals surface area (Å²) in [7, 11) is 1.58. The van der Waals surface area contributed by atoms with Crippen molar-refractivity contribution in [1.82, 2.24) is 0 Å². The Morgan fingerprint density at radius 3 is 2.21 bits per heavy atom. The van der Waals surface area contributed by atoms with Gasteiger partial charge in [0.1, 0.15) is 17.3 Å². The zero-order chi connectivity index (χ0) is 27.8. The monoisotopic (exact) mass is 513 g/mol. The minimum atomic E-state index is -0.812. The first-order chi connectivity index (χ1) is 18.0. The summed E-state index contributed by atoms with van der Waals surface area (Å²) in [4.78, 5) is 28.5. The standard InChI is InChI=1S/C32H35NO5/c1-8-38-26-16-12-22(18-25(26)32(4,5)6)29(34)27-28(21-10-14-24(37-7)15-11-21)33(31(36)30(27)35)23-13-9-19(2)20(3)17-23/h9-18,28,34H,8H2,1-7H3/b29-27-. The molecule has 1 aliphatic rings. The summed E-state index contributed by atoms with van der Waals surface area (Å²) in [5.74, 6) is -0.258.